The molecule has 0 amide bonds. The summed E-state index contributed by atoms with van der Waals surface area (Å²) < 4.78 is 1.25. The third-order valence-corrected chi connectivity index (χ3v) is 4.15. The van der Waals surface area contributed by atoms with Crippen molar-refractivity contribution in [1.29, 1.82) is 0 Å². The first kappa shape index (κ1) is 14.1. The number of rotatable bonds is 4. The smallest absolute Gasteiger partial charge is 0.0650 e. The van der Waals surface area contributed by atoms with Crippen LogP contribution < -0.4 is 5.32 Å². The van der Waals surface area contributed by atoms with Gasteiger partial charge in [0.05, 0.1) is 5.69 Å². The Kier molecular flexibility index (Phi) is 4.24. The molecule has 0 aliphatic rings. The van der Waals surface area contributed by atoms with Crippen molar-refractivity contribution in [2.24, 2.45) is 0 Å². The zero-order valence-electron chi connectivity index (χ0n) is 11.7. The molecule has 3 rings (SSSR count). The number of benzene rings is 2. The largest absolute Gasteiger partial charge is 0.379 e. The highest BCUT2D eigenvalue weighted by molar-refractivity contribution is 14.1. The first-order valence-corrected chi connectivity index (χ1v) is 7.92. The highest BCUT2D eigenvalue weighted by atomic mass is 127. The van der Waals surface area contributed by atoms with Crippen molar-refractivity contribution in [3.63, 3.8) is 0 Å². The Morgan fingerprint density at radius 3 is 2.62 bits per heavy atom. The van der Waals surface area contributed by atoms with E-state index in [1.165, 1.54) is 9.13 Å². The monoisotopic (exact) mass is 389 g/mol. The molecule has 0 aliphatic carbocycles. The lowest BCUT2D eigenvalue weighted by atomic mass is 10.1. The zero-order chi connectivity index (χ0) is 14.7. The molecular weight excluding hydrogens is 373 g/mol. The van der Waals surface area contributed by atoms with Crippen LogP contribution in [-0.4, -0.2) is 10.2 Å². The van der Waals surface area contributed by atoms with Gasteiger partial charge in [-0.3, -0.25) is 5.10 Å². The van der Waals surface area contributed by atoms with E-state index < -0.39 is 0 Å². The summed E-state index contributed by atoms with van der Waals surface area (Å²) in [6.45, 7) is 2.17. The van der Waals surface area contributed by atoms with Gasteiger partial charge in [-0.25, -0.2) is 0 Å². The third-order valence-electron chi connectivity index (χ3n) is 3.43. The molecule has 0 bridgehead atoms. The van der Waals surface area contributed by atoms with E-state index in [0.29, 0.717) is 0 Å². The predicted molar refractivity (Wildman–Crippen MR) is 95.2 cm³/mol. The number of nitrogens with zero attached hydrogens (tertiary/aromatic N) is 1. The summed E-state index contributed by atoms with van der Waals surface area (Å²) in [6, 6.07) is 19.2. The Balaban J connectivity index is 1.78. The molecule has 3 aromatic rings. The van der Waals surface area contributed by atoms with Crippen molar-refractivity contribution >= 4 is 28.3 Å². The Bertz CT molecular complexity index is 705. The van der Waals surface area contributed by atoms with Gasteiger partial charge in [0.1, 0.15) is 0 Å². The number of aromatic amines is 1. The highest BCUT2D eigenvalue weighted by Crippen LogP contribution is 2.24. The molecule has 0 radical (unpaired) electrons. The minimum absolute atomic E-state index is 0.263. The van der Waals surface area contributed by atoms with Gasteiger partial charge in [0.25, 0.3) is 0 Å². The molecular formula is C17H16IN3. The second-order valence-corrected chi connectivity index (χ2v) is 6.21. The average Bonchev–Trinajstić information content (AvgIpc) is 3.02. The lowest BCUT2D eigenvalue weighted by Crippen LogP contribution is -2.06. The molecule has 0 saturated carbocycles. The van der Waals surface area contributed by atoms with Crippen LogP contribution in [0.5, 0.6) is 0 Å². The molecule has 1 atom stereocenters. The van der Waals surface area contributed by atoms with Gasteiger partial charge in [0.2, 0.25) is 0 Å². The van der Waals surface area contributed by atoms with Crippen molar-refractivity contribution in [2.75, 3.05) is 5.32 Å². The first-order chi connectivity index (χ1) is 10.2. The van der Waals surface area contributed by atoms with Crippen LogP contribution in [-0.2, 0) is 0 Å². The molecule has 0 saturated heterocycles. The van der Waals surface area contributed by atoms with Gasteiger partial charge >= 0.3 is 0 Å². The van der Waals surface area contributed by atoms with Crippen molar-refractivity contribution < 1.29 is 0 Å². The summed E-state index contributed by atoms with van der Waals surface area (Å²) in [4.78, 5) is 0. The van der Waals surface area contributed by atoms with E-state index in [-0.39, 0.29) is 6.04 Å². The maximum Gasteiger partial charge on any atom is 0.0650 e. The molecule has 1 aromatic heterocycles. The number of anilines is 1. The van der Waals surface area contributed by atoms with Crippen LogP contribution in [0.4, 0.5) is 5.69 Å². The van der Waals surface area contributed by atoms with Crippen molar-refractivity contribution in [1.82, 2.24) is 10.2 Å². The number of H-pyrrole nitrogens is 1. The molecule has 1 unspecified atom stereocenters. The molecule has 3 nitrogen and oxygen atoms in total. The molecule has 0 spiro atoms. The predicted octanol–water partition coefficient (Wildman–Crippen LogP) is 4.85. The summed E-state index contributed by atoms with van der Waals surface area (Å²) in [6.07, 6.45) is 1.77. The number of hydrogen-bond acceptors (Lipinski definition) is 2. The van der Waals surface area contributed by atoms with Gasteiger partial charge in [-0.2, -0.15) is 5.10 Å². The van der Waals surface area contributed by atoms with Crippen LogP contribution in [0.2, 0.25) is 0 Å². The molecule has 2 aromatic carbocycles. The zero-order valence-corrected chi connectivity index (χ0v) is 13.8. The summed E-state index contributed by atoms with van der Waals surface area (Å²) >= 11 is 2.32. The highest BCUT2D eigenvalue weighted by Gasteiger charge is 2.06. The van der Waals surface area contributed by atoms with Gasteiger partial charge in [-0.05, 0) is 65.4 Å². The average molecular weight is 389 g/mol. The van der Waals surface area contributed by atoms with Crippen LogP contribution >= 0.6 is 22.6 Å². The fourth-order valence-electron chi connectivity index (χ4n) is 2.28. The second-order valence-electron chi connectivity index (χ2n) is 4.97. The van der Waals surface area contributed by atoms with Gasteiger partial charge in [0, 0.05) is 27.1 Å². The molecule has 21 heavy (non-hydrogen) atoms. The van der Waals surface area contributed by atoms with Crippen LogP contribution in [0.25, 0.3) is 11.3 Å². The lowest BCUT2D eigenvalue weighted by molar-refractivity contribution is 0.884. The standard InChI is InChI=1S/C17H16IN3/c1-12(13-5-7-15(18)8-6-13)20-16-4-2-3-14(11-16)17-9-10-19-21-17/h2-12,20H,1H3,(H,19,21). The van der Waals surface area contributed by atoms with Crippen molar-refractivity contribution in [3.8, 4) is 11.3 Å². The number of aromatic nitrogens is 2. The maximum atomic E-state index is 4.00. The van der Waals surface area contributed by atoms with E-state index >= 15 is 0 Å². The summed E-state index contributed by atoms with van der Waals surface area (Å²) in [7, 11) is 0. The molecule has 1 heterocycles. The Morgan fingerprint density at radius 2 is 1.90 bits per heavy atom. The van der Waals surface area contributed by atoms with Crippen LogP contribution in [0.3, 0.4) is 0 Å². The van der Waals surface area contributed by atoms with Gasteiger partial charge < -0.3 is 5.32 Å². The van der Waals surface area contributed by atoms with Crippen LogP contribution in [0, 0.1) is 3.57 Å². The van der Waals surface area contributed by atoms with Crippen molar-refractivity contribution in [2.45, 2.75) is 13.0 Å². The maximum absolute atomic E-state index is 4.00. The van der Waals surface area contributed by atoms with Gasteiger partial charge in [-0.1, -0.05) is 24.3 Å². The Morgan fingerprint density at radius 1 is 1.10 bits per heavy atom. The SMILES string of the molecule is CC(Nc1cccc(-c2ccn[nH]2)c1)c1ccc(I)cc1. The normalized spacial score (nSPS) is 12.1. The van der Waals surface area contributed by atoms with Gasteiger partial charge in [0.15, 0.2) is 0 Å². The number of hydrogen-bond donors (Lipinski definition) is 2. The van der Waals surface area contributed by atoms with E-state index in [1.54, 1.807) is 6.20 Å². The number of halogens is 1. The summed E-state index contributed by atoms with van der Waals surface area (Å²) in [5, 5.41) is 10.5. The van der Waals surface area contributed by atoms with E-state index in [4.69, 9.17) is 0 Å². The Labute approximate surface area is 137 Å². The minimum atomic E-state index is 0.263. The fourth-order valence-corrected chi connectivity index (χ4v) is 2.64. The topological polar surface area (TPSA) is 40.7 Å². The summed E-state index contributed by atoms with van der Waals surface area (Å²) in [5.41, 5.74) is 4.54. The quantitative estimate of drug-likeness (QED) is 0.626. The van der Waals surface area contributed by atoms with E-state index in [1.807, 2.05) is 6.07 Å². The fraction of sp³-hybridized carbons (Fsp3) is 0.118. The Hall–Kier alpha value is -1.82. The third kappa shape index (κ3) is 3.44. The minimum Gasteiger partial charge on any atom is -0.379 e. The van der Waals surface area contributed by atoms with E-state index in [9.17, 15) is 0 Å². The molecule has 4 heteroatoms. The first-order valence-electron chi connectivity index (χ1n) is 6.84. The lowest BCUT2D eigenvalue weighted by Gasteiger charge is -2.16. The molecule has 0 aliphatic heterocycles. The summed E-state index contributed by atoms with van der Waals surface area (Å²) in [5.74, 6) is 0. The van der Waals surface area contributed by atoms with E-state index in [0.717, 1.165) is 16.9 Å². The van der Waals surface area contributed by atoms with Crippen LogP contribution in [0.15, 0.2) is 60.8 Å². The number of nitrogens with one attached hydrogen (secondary N) is 2. The van der Waals surface area contributed by atoms with Crippen molar-refractivity contribution in [3.05, 3.63) is 69.9 Å². The molecule has 2 N–H and O–H groups in total. The second kappa shape index (κ2) is 6.30. The van der Waals surface area contributed by atoms with E-state index in [2.05, 4.69) is 93.6 Å². The van der Waals surface area contributed by atoms with Crippen LogP contribution in [0.1, 0.15) is 18.5 Å². The molecule has 0 fully saturated rings. The molecule has 106 valence electrons. The van der Waals surface area contributed by atoms with Gasteiger partial charge in [-0.15, -0.1) is 0 Å².